The maximum absolute atomic E-state index is 11.2. The summed E-state index contributed by atoms with van der Waals surface area (Å²) in [7, 11) is 0. The van der Waals surface area contributed by atoms with Crippen molar-refractivity contribution in [2.45, 2.75) is 0 Å². The molecule has 0 radical (unpaired) electrons. The summed E-state index contributed by atoms with van der Waals surface area (Å²) in [6.45, 7) is 0.183. The second-order valence-corrected chi connectivity index (χ2v) is 2.24. The van der Waals surface area contributed by atoms with Crippen molar-refractivity contribution in [2.24, 2.45) is 5.73 Å². The van der Waals surface area contributed by atoms with Crippen LogP contribution in [-0.2, 0) is 4.74 Å². The summed E-state index contributed by atoms with van der Waals surface area (Å²) in [4.78, 5) is 11.2. The molecule has 15 heavy (non-hydrogen) atoms. The lowest BCUT2D eigenvalue weighted by atomic mass is 10.2. The molecule has 0 unspecified atom stereocenters. The Balaban J connectivity index is 0. The fourth-order valence-electron chi connectivity index (χ4n) is 0.757. The van der Waals surface area contributed by atoms with Gasteiger partial charge in [0.05, 0.1) is 12.1 Å². The Morgan fingerprint density at radius 1 is 1.27 bits per heavy atom. The van der Waals surface area contributed by atoms with Gasteiger partial charge < -0.3 is 10.5 Å². The van der Waals surface area contributed by atoms with E-state index in [-0.39, 0.29) is 31.4 Å². The van der Waals surface area contributed by atoms with Gasteiger partial charge in [-0.25, -0.2) is 4.79 Å². The highest BCUT2D eigenvalue weighted by atomic mass is 35.5. The normalized spacial score (nSPS) is 7.27. The van der Waals surface area contributed by atoms with E-state index in [9.17, 15) is 4.79 Å². The lowest BCUT2D eigenvalue weighted by molar-refractivity contribution is 0.0690. The first-order chi connectivity index (χ1) is 6.34. The van der Waals surface area contributed by atoms with Crippen molar-refractivity contribution >= 4 is 30.8 Å². The number of nitrogens with two attached hydrogens (primary N) is 1. The minimum Gasteiger partial charge on any atom is -0.368 e. The fourth-order valence-corrected chi connectivity index (χ4v) is 0.757. The van der Waals surface area contributed by atoms with Crippen LogP contribution in [0.15, 0.2) is 30.3 Å². The molecule has 1 aromatic rings. The summed E-state index contributed by atoms with van der Waals surface area (Å²) in [5, 5.41) is 0. The van der Waals surface area contributed by atoms with E-state index >= 15 is 0 Å². The highest BCUT2D eigenvalue weighted by Crippen LogP contribution is 1.99. The number of carbonyl (C=O) groups excluding carboxylic acids is 1. The van der Waals surface area contributed by atoms with Gasteiger partial charge in [0.15, 0.2) is 0 Å². The first-order valence-corrected chi connectivity index (χ1v) is 3.78. The zero-order valence-electron chi connectivity index (χ0n) is 7.80. The summed E-state index contributed by atoms with van der Waals surface area (Å²) in [6.07, 6.45) is 2.21. The lowest BCUT2D eigenvalue weighted by Gasteiger charge is -1.94. The van der Waals surface area contributed by atoms with Gasteiger partial charge in [0.1, 0.15) is 6.11 Å². The zero-order valence-corrected chi connectivity index (χ0v) is 9.44. The van der Waals surface area contributed by atoms with Crippen molar-refractivity contribution in [3.63, 3.8) is 0 Å². The Morgan fingerprint density at radius 3 is 2.40 bits per heavy atom. The average molecular weight is 248 g/mol. The first kappa shape index (κ1) is 16.2. The van der Waals surface area contributed by atoms with Gasteiger partial charge in [-0.15, -0.1) is 24.8 Å². The Bertz CT molecular complexity index is 343. The van der Waals surface area contributed by atoms with Gasteiger partial charge in [-0.05, 0) is 18.1 Å². The topological polar surface area (TPSA) is 52.3 Å². The highest BCUT2D eigenvalue weighted by Gasteiger charge is 2.02. The maximum Gasteiger partial charge on any atom is 0.352 e. The third-order valence-electron chi connectivity index (χ3n) is 1.33. The lowest BCUT2D eigenvalue weighted by Crippen LogP contribution is -2.01. The summed E-state index contributed by atoms with van der Waals surface area (Å²) < 4.78 is 4.59. The van der Waals surface area contributed by atoms with E-state index in [0.29, 0.717) is 5.56 Å². The predicted molar refractivity (Wildman–Crippen MR) is 63.2 cm³/mol. The van der Waals surface area contributed by atoms with Crippen LogP contribution in [0.1, 0.15) is 10.4 Å². The molecule has 0 atom stereocenters. The molecule has 0 amide bonds. The first-order valence-electron chi connectivity index (χ1n) is 3.78. The van der Waals surface area contributed by atoms with Crippen LogP contribution in [0.4, 0.5) is 0 Å². The molecule has 0 saturated carbocycles. The van der Waals surface area contributed by atoms with Gasteiger partial charge in [-0.3, -0.25) is 0 Å². The maximum atomic E-state index is 11.2. The zero-order chi connectivity index (χ0) is 9.52. The fraction of sp³-hybridized carbons (Fsp3) is 0.100. The third-order valence-corrected chi connectivity index (χ3v) is 1.33. The molecular formula is C10H11Cl2NO2. The Morgan fingerprint density at radius 2 is 1.87 bits per heavy atom. The molecule has 0 bridgehead atoms. The van der Waals surface area contributed by atoms with E-state index in [2.05, 4.69) is 16.8 Å². The van der Waals surface area contributed by atoms with E-state index in [1.807, 2.05) is 6.07 Å². The molecule has 3 nitrogen and oxygen atoms in total. The number of esters is 1. The van der Waals surface area contributed by atoms with Crippen LogP contribution < -0.4 is 5.73 Å². The molecule has 0 saturated heterocycles. The van der Waals surface area contributed by atoms with E-state index in [0.717, 1.165) is 0 Å². The van der Waals surface area contributed by atoms with Crippen LogP contribution in [0.25, 0.3) is 0 Å². The molecule has 0 aliphatic carbocycles. The second-order valence-electron chi connectivity index (χ2n) is 2.24. The minimum absolute atomic E-state index is 0. The number of hydrogen-bond acceptors (Lipinski definition) is 3. The van der Waals surface area contributed by atoms with Crippen molar-refractivity contribution in [1.82, 2.24) is 0 Å². The van der Waals surface area contributed by atoms with E-state index in [1.165, 1.54) is 0 Å². The van der Waals surface area contributed by atoms with E-state index < -0.39 is 5.97 Å². The van der Waals surface area contributed by atoms with Crippen LogP contribution in [0, 0.1) is 12.0 Å². The molecule has 82 valence electrons. The Labute approximate surface area is 101 Å². The van der Waals surface area contributed by atoms with E-state index in [4.69, 9.17) is 5.73 Å². The minimum atomic E-state index is -0.457. The molecule has 2 N–H and O–H groups in total. The number of benzene rings is 1. The van der Waals surface area contributed by atoms with Crippen molar-refractivity contribution in [1.29, 1.82) is 0 Å². The number of rotatable bonds is 1. The smallest absolute Gasteiger partial charge is 0.352 e. The molecule has 0 heterocycles. The average Bonchev–Trinajstić information content (AvgIpc) is 2.19. The Hall–Kier alpha value is -1.21. The Kier molecular flexibility index (Phi) is 10.1. The van der Waals surface area contributed by atoms with Gasteiger partial charge in [0.2, 0.25) is 0 Å². The molecule has 1 rings (SSSR count). The van der Waals surface area contributed by atoms with Crippen molar-refractivity contribution < 1.29 is 9.53 Å². The number of hydrogen-bond donors (Lipinski definition) is 1. The summed E-state index contributed by atoms with van der Waals surface area (Å²) >= 11 is 0. The van der Waals surface area contributed by atoms with Gasteiger partial charge in [-0.2, -0.15) is 0 Å². The van der Waals surface area contributed by atoms with E-state index in [1.54, 1.807) is 24.3 Å². The van der Waals surface area contributed by atoms with Crippen LogP contribution in [0.5, 0.6) is 0 Å². The predicted octanol–water partition coefficient (Wildman–Crippen LogP) is 1.61. The van der Waals surface area contributed by atoms with Gasteiger partial charge in [-0.1, -0.05) is 18.2 Å². The molecule has 0 fully saturated rings. The van der Waals surface area contributed by atoms with Crippen molar-refractivity contribution in [3.8, 4) is 12.0 Å². The van der Waals surface area contributed by atoms with Crippen molar-refractivity contribution in [3.05, 3.63) is 35.9 Å². The molecule has 5 heteroatoms. The summed E-state index contributed by atoms with van der Waals surface area (Å²) in [6, 6.07) is 8.65. The van der Waals surface area contributed by atoms with Crippen LogP contribution >= 0.6 is 24.8 Å². The summed E-state index contributed by atoms with van der Waals surface area (Å²) in [5.41, 5.74) is 5.57. The summed E-state index contributed by atoms with van der Waals surface area (Å²) in [5.74, 6) is 1.98. The molecule has 0 aliphatic heterocycles. The largest absolute Gasteiger partial charge is 0.368 e. The second kappa shape index (κ2) is 9.35. The number of carbonyl (C=O) groups is 1. The molecule has 1 aromatic carbocycles. The van der Waals surface area contributed by atoms with Crippen LogP contribution in [-0.4, -0.2) is 12.5 Å². The van der Waals surface area contributed by atoms with Crippen LogP contribution in [0.2, 0.25) is 0 Å². The standard InChI is InChI=1S/C10H9NO2.2ClH/c11-7-4-8-13-10(12)9-5-2-1-3-6-9;;/h1-3,5-6H,7,11H2;2*1H. The van der Waals surface area contributed by atoms with Crippen molar-refractivity contribution in [2.75, 3.05) is 6.54 Å². The van der Waals surface area contributed by atoms with Gasteiger partial charge in [0.25, 0.3) is 0 Å². The van der Waals surface area contributed by atoms with Gasteiger partial charge >= 0.3 is 5.97 Å². The number of halogens is 2. The van der Waals surface area contributed by atoms with Gasteiger partial charge in [0, 0.05) is 0 Å². The number of ether oxygens (including phenoxy) is 1. The quantitative estimate of drug-likeness (QED) is 0.606. The molecule has 0 spiro atoms. The van der Waals surface area contributed by atoms with Crippen LogP contribution in [0.3, 0.4) is 0 Å². The highest BCUT2D eigenvalue weighted by molar-refractivity contribution is 5.89. The molecule has 0 aliphatic rings. The monoisotopic (exact) mass is 247 g/mol. The SMILES string of the molecule is Cl.Cl.NCC#COC(=O)c1ccccc1. The molecule has 0 aromatic heterocycles. The third kappa shape index (κ3) is 5.97. The molecular weight excluding hydrogens is 237 g/mol.